The van der Waals surface area contributed by atoms with Crippen LogP contribution in [-0.4, -0.2) is 28.5 Å². The summed E-state index contributed by atoms with van der Waals surface area (Å²) >= 11 is 2.69. The van der Waals surface area contributed by atoms with Crippen LogP contribution in [0.1, 0.15) is 20.8 Å². The summed E-state index contributed by atoms with van der Waals surface area (Å²) in [5.41, 5.74) is 0. The van der Waals surface area contributed by atoms with E-state index in [0.29, 0.717) is 5.04 Å². The molecule has 0 heterocycles. The Morgan fingerprint density at radius 1 is 1.30 bits per heavy atom. The molecule has 10 heavy (non-hydrogen) atoms. The molecule has 0 rings (SSSR count). The van der Waals surface area contributed by atoms with Crippen LogP contribution in [-0.2, 0) is 0 Å². The van der Waals surface area contributed by atoms with E-state index in [2.05, 4.69) is 58.8 Å². The number of hydrogen-bond donors (Lipinski definition) is 0. The average molecular weight is 220 g/mol. The summed E-state index contributed by atoms with van der Waals surface area (Å²) in [4.78, 5) is 0. The summed E-state index contributed by atoms with van der Waals surface area (Å²) in [7, 11) is -1.42. The molecule has 0 bridgehead atoms. The molecule has 0 radical (unpaired) electrons. The van der Waals surface area contributed by atoms with Gasteiger partial charge in [0.05, 0.1) is 0 Å². The van der Waals surface area contributed by atoms with E-state index in [1.54, 1.807) is 0 Å². The predicted molar refractivity (Wildman–Crippen MR) is 50.4 cm³/mol. The topological polar surface area (TPSA) is 12.4 Å². The van der Waals surface area contributed by atoms with Gasteiger partial charge in [0.15, 0.2) is 0 Å². The van der Waals surface area contributed by atoms with Crippen molar-refractivity contribution in [3.05, 3.63) is 0 Å². The quantitative estimate of drug-likeness (QED) is 0.474. The van der Waals surface area contributed by atoms with Crippen molar-refractivity contribution >= 4 is 28.5 Å². The first-order chi connectivity index (χ1) is 4.31. The summed E-state index contributed by atoms with van der Waals surface area (Å²) in [5, 5.41) is 0.337. The Morgan fingerprint density at radius 3 is 1.80 bits per heavy atom. The van der Waals surface area contributed by atoms with E-state index >= 15 is 0 Å². The molecule has 0 fully saturated rings. The number of rotatable bonds is 1. The van der Waals surface area contributed by atoms with Gasteiger partial charge in [-0.25, -0.2) is 0 Å². The minimum atomic E-state index is -1.42. The minimum absolute atomic E-state index is 0.337. The zero-order chi connectivity index (χ0) is 8.41. The molecule has 0 N–H and O–H groups in total. The van der Waals surface area contributed by atoms with Crippen molar-refractivity contribution in [1.82, 2.24) is 0 Å². The van der Waals surface area contributed by atoms with Crippen molar-refractivity contribution in [2.75, 3.05) is 0 Å². The molecular formula is C7H15NSeSi. The molecule has 3 heteroatoms. The monoisotopic (exact) mass is 221 g/mol. The van der Waals surface area contributed by atoms with E-state index in [0.717, 1.165) is 0 Å². The normalized spacial score (nSPS) is 12.5. The zero-order valence-corrected chi connectivity index (χ0v) is 10.1. The fourth-order valence-corrected chi connectivity index (χ4v) is 2.28. The first-order valence-corrected chi connectivity index (χ1v) is 7.21. The standard InChI is InChI=1S/C7H15NSeSi/c1-7(2,3)10(4,5)8-6-9/h1-5H3. The van der Waals surface area contributed by atoms with Crippen LogP contribution >= 0.6 is 0 Å². The maximum atomic E-state index is 4.36. The molecule has 0 aromatic carbocycles. The van der Waals surface area contributed by atoms with Crippen LogP contribution in [0.5, 0.6) is 0 Å². The van der Waals surface area contributed by atoms with Crippen LogP contribution in [0.2, 0.25) is 18.1 Å². The summed E-state index contributed by atoms with van der Waals surface area (Å²) in [6.45, 7) is 11.2. The Labute approximate surface area is 72.4 Å². The fraction of sp³-hybridized carbons (Fsp3) is 0.857. The third kappa shape index (κ3) is 2.51. The first-order valence-electron chi connectivity index (χ1n) is 3.40. The summed E-state index contributed by atoms with van der Waals surface area (Å²) in [5.74, 6) is 0. The second kappa shape index (κ2) is 3.14. The Balaban J connectivity index is 4.56. The van der Waals surface area contributed by atoms with Crippen molar-refractivity contribution in [3.63, 3.8) is 0 Å². The molecular weight excluding hydrogens is 205 g/mol. The van der Waals surface area contributed by atoms with Gasteiger partial charge in [-0.3, -0.25) is 0 Å². The second-order valence-corrected chi connectivity index (χ2v) is 9.24. The molecule has 0 aliphatic heterocycles. The Morgan fingerprint density at radius 2 is 1.70 bits per heavy atom. The number of hydrogen-bond acceptors (Lipinski definition) is 1. The SMILES string of the molecule is CC(C)(C)[Si](C)(C)N=C=[Se]. The average Bonchev–Trinajstić information content (AvgIpc) is 1.61. The van der Waals surface area contributed by atoms with Gasteiger partial charge in [0.2, 0.25) is 0 Å². The molecule has 58 valence electrons. The molecule has 0 atom stereocenters. The van der Waals surface area contributed by atoms with Gasteiger partial charge in [0.1, 0.15) is 0 Å². The van der Waals surface area contributed by atoms with Crippen LogP contribution in [0.4, 0.5) is 0 Å². The van der Waals surface area contributed by atoms with E-state index in [-0.39, 0.29) is 0 Å². The third-order valence-corrected chi connectivity index (χ3v) is 7.06. The molecule has 0 unspecified atom stereocenters. The predicted octanol–water partition coefficient (Wildman–Crippen LogP) is 2.07. The summed E-state index contributed by atoms with van der Waals surface area (Å²) in [6.07, 6.45) is 0. The second-order valence-electron chi connectivity index (χ2n) is 4.01. The fourth-order valence-electron chi connectivity index (χ4n) is 0.282. The Hall–Kier alpha value is 0.316. The van der Waals surface area contributed by atoms with Gasteiger partial charge in [0.25, 0.3) is 0 Å². The van der Waals surface area contributed by atoms with Crippen LogP contribution < -0.4 is 0 Å². The van der Waals surface area contributed by atoms with Gasteiger partial charge in [-0.15, -0.1) is 0 Å². The Bertz CT molecular complexity index is 163. The first kappa shape index (κ1) is 10.3. The van der Waals surface area contributed by atoms with Crippen molar-refractivity contribution < 1.29 is 0 Å². The van der Waals surface area contributed by atoms with Crippen LogP contribution in [0.3, 0.4) is 0 Å². The zero-order valence-electron chi connectivity index (χ0n) is 7.36. The number of nitrogens with zero attached hydrogens (tertiary/aromatic N) is 1. The van der Waals surface area contributed by atoms with E-state index in [4.69, 9.17) is 0 Å². The third-order valence-electron chi connectivity index (χ3n) is 2.16. The van der Waals surface area contributed by atoms with E-state index in [1.165, 1.54) is 0 Å². The molecule has 0 spiro atoms. The molecule has 0 aliphatic rings. The van der Waals surface area contributed by atoms with Crippen molar-refractivity contribution in [2.24, 2.45) is 4.66 Å². The van der Waals surface area contributed by atoms with Gasteiger partial charge in [-0.1, -0.05) is 0 Å². The molecule has 0 saturated carbocycles. The molecule has 0 aromatic rings. The van der Waals surface area contributed by atoms with Crippen LogP contribution in [0.25, 0.3) is 0 Å². The summed E-state index contributed by atoms with van der Waals surface area (Å²) < 4.78 is 7.14. The van der Waals surface area contributed by atoms with Crippen LogP contribution in [0.15, 0.2) is 4.66 Å². The van der Waals surface area contributed by atoms with Gasteiger partial charge >= 0.3 is 72.1 Å². The van der Waals surface area contributed by atoms with E-state index < -0.39 is 8.24 Å². The van der Waals surface area contributed by atoms with Crippen molar-refractivity contribution in [1.29, 1.82) is 0 Å². The molecule has 0 amide bonds. The van der Waals surface area contributed by atoms with E-state index in [9.17, 15) is 0 Å². The molecule has 0 aliphatic carbocycles. The Kier molecular flexibility index (Phi) is 3.24. The van der Waals surface area contributed by atoms with Crippen molar-refractivity contribution in [3.8, 4) is 0 Å². The van der Waals surface area contributed by atoms with E-state index in [1.807, 2.05) is 0 Å². The van der Waals surface area contributed by atoms with Crippen molar-refractivity contribution in [2.45, 2.75) is 38.9 Å². The van der Waals surface area contributed by atoms with Gasteiger partial charge in [0, 0.05) is 0 Å². The van der Waals surface area contributed by atoms with Gasteiger partial charge < -0.3 is 0 Å². The van der Waals surface area contributed by atoms with Crippen LogP contribution in [0, 0.1) is 0 Å². The molecule has 0 aromatic heterocycles. The maximum absolute atomic E-state index is 4.36. The summed E-state index contributed by atoms with van der Waals surface area (Å²) in [6, 6.07) is 0. The van der Waals surface area contributed by atoms with Gasteiger partial charge in [-0.05, 0) is 0 Å². The van der Waals surface area contributed by atoms with Gasteiger partial charge in [-0.2, -0.15) is 0 Å². The molecule has 1 nitrogen and oxygen atoms in total. The molecule has 0 saturated heterocycles.